The van der Waals surface area contributed by atoms with E-state index in [0.29, 0.717) is 6.04 Å². The van der Waals surface area contributed by atoms with Crippen molar-refractivity contribution in [3.05, 3.63) is 36.4 Å². The normalized spacial score (nSPS) is 17.4. The summed E-state index contributed by atoms with van der Waals surface area (Å²) in [5.41, 5.74) is 2.16. The van der Waals surface area contributed by atoms with Crippen molar-refractivity contribution in [2.24, 2.45) is 0 Å². The highest BCUT2D eigenvalue weighted by molar-refractivity contribution is 5.69. The van der Waals surface area contributed by atoms with Gasteiger partial charge in [0.25, 0.3) is 0 Å². The zero-order chi connectivity index (χ0) is 21.5. The van der Waals surface area contributed by atoms with E-state index in [2.05, 4.69) is 48.7 Å². The van der Waals surface area contributed by atoms with Gasteiger partial charge in [0.15, 0.2) is 5.82 Å². The molecule has 0 N–H and O–H groups in total. The van der Waals surface area contributed by atoms with E-state index in [9.17, 15) is 0 Å². The highest BCUT2D eigenvalue weighted by atomic mass is 15.3. The van der Waals surface area contributed by atoms with E-state index in [-0.39, 0.29) is 5.41 Å². The molecule has 4 heterocycles. The molecule has 1 unspecified atom stereocenters. The van der Waals surface area contributed by atoms with Gasteiger partial charge in [0, 0.05) is 64.3 Å². The highest BCUT2D eigenvalue weighted by Crippen LogP contribution is 2.29. The number of hydrogen-bond acceptors (Lipinski definition) is 7. The zero-order valence-corrected chi connectivity index (χ0v) is 18.9. The number of likely N-dealkylation sites (N-methyl/N-ethyl adjacent to an activating group) is 1. The molecule has 1 aliphatic rings. The topological polar surface area (TPSA) is 65.7 Å². The Kier molecular flexibility index (Phi) is 5.26. The standard InChI is InChI=1S/C22H32N8/c1-22(2,3)18-14-17-20(23-11-13-30(17)26-18)29-12-7-8-16(15-29)28(6)19-9-10-24-21(25-19)27(4)5/h9-11,13-14,16H,7-8,12,15H2,1-6H3. The van der Waals surface area contributed by atoms with E-state index >= 15 is 0 Å². The van der Waals surface area contributed by atoms with Crippen molar-refractivity contribution in [2.75, 3.05) is 48.9 Å². The van der Waals surface area contributed by atoms with Crippen LogP contribution in [0.15, 0.2) is 30.7 Å². The summed E-state index contributed by atoms with van der Waals surface area (Å²) in [7, 11) is 6.05. The smallest absolute Gasteiger partial charge is 0.226 e. The van der Waals surface area contributed by atoms with Crippen LogP contribution in [-0.2, 0) is 5.41 Å². The molecule has 8 nitrogen and oxygen atoms in total. The van der Waals surface area contributed by atoms with Crippen LogP contribution in [0.4, 0.5) is 17.6 Å². The van der Waals surface area contributed by atoms with Gasteiger partial charge in [-0.15, -0.1) is 0 Å². The maximum atomic E-state index is 4.79. The average Bonchev–Trinajstić information content (AvgIpc) is 3.18. The number of rotatable bonds is 4. The molecule has 1 fully saturated rings. The molecule has 1 aliphatic heterocycles. The van der Waals surface area contributed by atoms with Crippen molar-refractivity contribution < 1.29 is 0 Å². The Balaban J connectivity index is 1.60. The molecule has 0 saturated carbocycles. The second-order valence-electron chi connectivity index (χ2n) is 9.32. The summed E-state index contributed by atoms with van der Waals surface area (Å²) < 4.78 is 1.96. The third-order valence-electron chi connectivity index (χ3n) is 5.77. The lowest BCUT2D eigenvalue weighted by Gasteiger charge is -2.38. The first kappa shape index (κ1) is 20.4. The van der Waals surface area contributed by atoms with Gasteiger partial charge in [-0.1, -0.05) is 20.8 Å². The number of piperidine rings is 1. The molecule has 3 aromatic rings. The van der Waals surface area contributed by atoms with E-state index in [0.717, 1.165) is 54.7 Å². The fraction of sp³-hybridized carbons (Fsp3) is 0.545. The molecule has 0 radical (unpaired) electrons. The second-order valence-corrected chi connectivity index (χ2v) is 9.32. The molecule has 30 heavy (non-hydrogen) atoms. The van der Waals surface area contributed by atoms with Crippen LogP contribution in [0.25, 0.3) is 5.52 Å². The highest BCUT2D eigenvalue weighted by Gasteiger charge is 2.27. The van der Waals surface area contributed by atoms with Gasteiger partial charge >= 0.3 is 0 Å². The van der Waals surface area contributed by atoms with E-state index < -0.39 is 0 Å². The van der Waals surface area contributed by atoms with E-state index in [4.69, 9.17) is 15.1 Å². The molecule has 8 heteroatoms. The fourth-order valence-corrected chi connectivity index (χ4v) is 3.92. The Hall–Kier alpha value is -2.90. The summed E-state index contributed by atoms with van der Waals surface area (Å²) in [6.07, 6.45) is 7.86. The second kappa shape index (κ2) is 7.74. The van der Waals surface area contributed by atoms with Crippen molar-refractivity contribution >= 4 is 23.1 Å². The Morgan fingerprint density at radius 3 is 2.63 bits per heavy atom. The monoisotopic (exact) mass is 408 g/mol. The molecular weight excluding hydrogens is 376 g/mol. The van der Waals surface area contributed by atoms with Crippen LogP contribution in [0.1, 0.15) is 39.3 Å². The molecular formula is C22H32N8. The molecule has 0 aromatic carbocycles. The van der Waals surface area contributed by atoms with Crippen molar-refractivity contribution in [1.82, 2.24) is 24.6 Å². The first-order chi connectivity index (χ1) is 14.2. The predicted octanol–water partition coefficient (Wildman–Crippen LogP) is 2.99. The van der Waals surface area contributed by atoms with Crippen molar-refractivity contribution in [2.45, 2.75) is 45.1 Å². The number of hydrogen-bond donors (Lipinski definition) is 0. The fourth-order valence-electron chi connectivity index (χ4n) is 3.92. The molecule has 1 saturated heterocycles. The summed E-state index contributed by atoms with van der Waals surface area (Å²) in [6.45, 7) is 8.48. The maximum absolute atomic E-state index is 4.79. The van der Waals surface area contributed by atoms with E-state index in [1.807, 2.05) is 48.2 Å². The number of aromatic nitrogens is 5. The van der Waals surface area contributed by atoms with E-state index in [1.54, 1.807) is 0 Å². The van der Waals surface area contributed by atoms with Crippen LogP contribution in [0.5, 0.6) is 0 Å². The Morgan fingerprint density at radius 1 is 1.10 bits per heavy atom. The first-order valence-corrected chi connectivity index (χ1v) is 10.6. The average molecular weight is 409 g/mol. The van der Waals surface area contributed by atoms with Crippen LogP contribution < -0.4 is 14.7 Å². The Morgan fingerprint density at radius 2 is 1.90 bits per heavy atom. The molecule has 0 aliphatic carbocycles. The molecule has 0 spiro atoms. The molecule has 3 aromatic heterocycles. The third-order valence-corrected chi connectivity index (χ3v) is 5.77. The molecule has 1 atom stereocenters. The van der Waals surface area contributed by atoms with Gasteiger partial charge in [0.1, 0.15) is 11.3 Å². The number of fused-ring (bicyclic) bond motifs is 1. The first-order valence-electron chi connectivity index (χ1n) is 10.6. The minimum Gasteiger partial charge on any atom is -0.355 e. The maximum Gasteiger partial charge on any atom is 0.226 e. The summed E-state index contributed by atoms with van der Waals surface area (Å²) in [5.74, 6) is 2.69. The van der Waals surface area contributed by atoms with Gasteiger partial charge in [-0.05, 0) is 25.0 Å². The summed E-state index contributed by atoms with van der Waals surface area (Å²) in [5, 5.41) is 4.79. The van der Waals surface area contributed by atoms with Crippen LogP contribution >= 0.6 is 0 Å². The SMILES string of the molecule is CN(C)c1nccc(N(C)C2CCCN(c3nccn4nc(C(C)(C)C)cc34)C2)n1. The summed E-state index contributed by atoms with van der Waals surface area (Å²) in [6, 6.07) is 4.52. The molecule has 0 bridgehead atoms. The molecule has 4 rings (SSSR count). The minimum absolute atomic E-state index is 0.00506. The van der Waals surface area contributed by atoms with Crippen molar-refractivity contribution in [1.29, 1.82) is 0 Å². The number of nitrogens with zero attached hydrogens (tertiary/aromatic N) is 8. The molecule has 0 amide bonds. The largest absolute Gasteiger partial charge is 0.355 e. The van der Waals surface area contributed by atoms with Gasteiger partial charge < -0.3 is 14.7 Å². The molecule has 160 valence electrons. The van der Waals surface area contributed by atoms with Gasteiger partial charge in [0.2, 0.25) is 5.95 Å². The van der Waals surface area contributed by atoms with Crippen molar-refractivity contribution in [3.63, 3.8) is 0 Å². The van der Waals surface area contributed by atoms with Crippen molar-refractivity contribution in [3.8, 4) is 0 Å². The van der Waals surface area contributed by atoms with Gasteiger partial charge in [-0.25, -0.2) is 14.5 Å². The lowest BCUT2D eigenvalue weighted by molar-refractivity contribution is 0.483. The Bertz CT molecular complexity index is 1020. The minimum atomic E-state index is 0.00506. The summed E-state index contributed by atoms with van der Waals surface area (Å²) >= 11 is 0. The lowest BCUT2D eigenvalue weighted by atomic mass is 9.92. The predicted molar refractivity (Wildman–Crippen MR) is 122 cm³/mol. The quantitative estimate of drug-likeness (QED) is 0.657. The zero-order valence-electron chi connectivity index (χ0n) is 18.9. The summed E-state index contributed by atoms with van der Waals surface area (Å²) in [4.78, 5) is 20.4. The van der Waals surface area contributed by atoms with Crippen LogP contribution in [0.2, 0.25) is 0 Å². The van der Waals surface area contributed by atoms with E-state index in [1.165, 1.54) is 0 Å². The Labute approximate surface area is 178 Å². The van der Waals surface area contributed by atoms with Crippen LogP contribution in [0.3, 0.4) is 0 Å². The van der Waals surface area contributed by atoms with Crippen LogP contribution in [-0.4, -0.2) is 64.8 Å². The van der Waals surface area contributed by atoms with Gasteiger partial charge in [-0.2, -0.15) is 10.1 Å². The van der Waals surface area contributed by atoms with Gasteiger partial charge in [0.05, 0.1) is 5.69 Å². The van der Waals surface area contributed by atoms with Gasteiger partial charge in [-0.3, -0.25) is 0 Å². The lowest BCUT2D eigenvalue weighted by Crippen LogP contribution is -2.47. The van der Waals surface area contributed by atoms with Crippen LogP contribution in [0, 0.1) is 0 Å². The number of anilines is 3. The third kappa shape index (κ3) is 3.91.